The van der Waals surface area contributed by atoms with Gasteiger partial charge in [-0.05, 0) is 6.08 Å². The molecule has 2 saturated heterocycles. The predicted octanol–water partition coefficient (Wildman–Crippen LogP) is -2.43. The lowest BCUT2D eigenvalue weighted by molar-refractivity contribution is -0.310. The molecular weight excluding hydrogens is 190 g/mol. The van der Waals surface area contributed by atoms with Crippen LogP contribution in [0.4, 0.5) is 0 Å². The first-order valence-corrected chi connectivity index (χ1v) is 4.14. The number of fused-ring (bicyclic) bond motifs is 1. The van der Waals surface area contributed by atoms with Crippen molar-refractivity contribution in [1.82, 2.24) is 4.90 Å². The van der Waals surface area contributed by atoms with E-state index in [1.807, 2.05) is 0 Å². The molecule has 2 atom stereocenters. The number of carbonyl (C=O) groups excluding carboxylic acids is 2. The summed E-state index contributed by atoms with van der Waals surface area (Å²) < 4.78 is 5.13. The summed E-state index contributed by atoms with van der Waals surface area (Å²) in [5, 5.41) is 19.3. The zero-order valence-electron chi connectivity index (χ0n) is 7.17. The van der Waals surface area contributed by atoms with E-state index in [1.54, 1.807) is 0 Å². The van der Waals surface area contributed by atoms with Crippen LogP contribution >= 0.6 is 0 Å². The maximum absolute atomic E-state index is 11.0. The zero-order valence-corrected chi connectivity index (χ0v) is 7.17. The van der Waals surface area contributed by atoms with Crippen molar-refractivity contribution in [1.29, 1.82) is 0 Å². The second kappa shape index (κ2) is 2.98. The molecule has 2 aliphatic rings. The Morgan fingerprint density at radius 3 is 3.00 bits per heavy atom. The summed E-state index contributed by atoms with van der Waals surface area (Å²) in [6, 6.07) is -1.17. The average Bonchev–Trinajstić information content (AvgIpc) is 2.39. The second-order valence-electron chi connectivity index (χ2n) is 3.09. The summed E-state index contributed by atoms with van der Waals surface area (Å²) in [5.41, 5.74) is 0. The molecule has 1 N–H and O–H groups in total. The van der Waals surface area contributed by atoms with Gasteiger partial charge in [0.1, 0.15) is 11.8 Å². The third-order valence-electron chi connectivity index (χ3n) is 2.28. The number of rotatable bonds is 2. The molecule has 1 unspecified atom stereocenters. The van der Waals surface area contributed by atoms with Gasteiger partial charge in [0.15, 0.2) is 6.23 Å². The van der Waals surface area contributed by atoms with Crippen LogP contribution in [0.1, 0.15) is 6.42 Å². The number of aliphatic carboxylic acids is 1. The molecule has 0 aliphatic carbocycles. The van der Waals surface area contributed by atoms with Crippen molar-refractivity contribution in [2.45, 2.75) is 18.7 Å². The number of aliphatic hydroxyl groups is 1. The number of carbonyl (C=O) groups is 2. The first-order chi connectivity index (χ1) is 6.65. The Labute approximate surface area is 79.4 Å². The zero-order chi connectivity index (χ0) is 10.3. The number of hydrogen-bond donors (Lipinski definition) is 1. The maximum Gasteiger partial charge on any atom is 0.232 e. The fourth-order valence-electron chi connectivity index (χ4n) is 1.65. The van der Waals surface area contributed by atoms with Crippen LogP contribution in [0.15, 0.2) is 11.8 Å². The van der Waals surface area contributed by atoms with Crippen LogP contribution in [0.2, 0.25) is 0 Å². The molecule has 0 spiro atoms. The highest BCUT2D eigenvalue weighted by Gasteiger charge is 2.50. The first kappa shape index (κ1) is 9.01. The monoisotopic (exact) mass is 198 g/mol. The van der Waals surface area contributed by atoms with Gasteiger partial charge in [0.2, 0.25) is 5.91 Å². The third kappa shape index (κ3) is 1.07. The van der Waals surface area contributed by atoms with Crippen molar-refractivity contribution >= 4 is 11.9 Å². The first-order valence-electron chi connectivity index (χ1n) is 4.14. The van der Waals surface area contributed by atoms with E-state index in [2.05, 4.69) is 0 Å². The molecule has 2 fully saturated rings. The fraction of sp³-hybridized carbons (Fsp3) is 0.500. The van der Waals surface area contributed by atoms with Gasteiger partial charge in [-0.3, -0.25) is 9.69 Å². The van der Waals surface area contributed by atoms with Gasteiger partial charge in [-0.2, -0.15) is 0 Å². The van der Waals surface area contributed by atoms with E-state index in [9.17, 15) is 14.7 Å². The smallest absolute Gasteiger partial charge is 0.232 e. The van der Waals surface area contributed by atoms with Crippen molar-refractivity contribution in [3.8, 4) is 0 Å². The number of ether oxygens (including phenoxy) is 1. The molecule has 2 heterocycles. The summed E-state index contributed by atoms with van der Waals surface area (Å²) >= 11 is 0. The highest BCUT2D eigenvalue weighted by atomic mass is 16.5. The standard InChI is InChI=1S/C8H9NO5/c10-2-1-4-7(8(12)13)9-5(11)3-6(9)14-4/h1,6-7,10H,2-3H2,(H,12,13)/p-1/b4-1-/t6?,7-/m1/s1. The Hall–Kier alpha value is -1.56. The Balaban J connectivity index is 2.26. The molecule has 14 heavy (non-hydrogen) atoms. The van der Waals surface area contributed by atoms with Crippen molar-refractivity contribution in [2.75, 3.05) is 6.61 Å². The molecule has 0 radical (unpaired) electrons. The van der Waals surface area contributed by atoms with Crippen LogP contribution in [0.3, 0.4) is 0 Å². The van der Waals surface area contributed by atoms with Crippen LogP contribution in [-0.4, -0.2) is 40.8 Å². The summed E-state index contributed by atoms with van der Waals surface area (Å²) in [4.78, 5) is 22.9. The Morgan fingerprint density at radius 1 is 1.79 bits per heavy atom. The van der Waals surface area contributed by atoms with Crippen molar-refractivity contribution in [3.05, 3.63) is 11.8 Å². The normalized spacial score (nSPS) is 32.5. The SMILES string of the molecule is O=C([O-])[C@H]1/C(=C/CO)OC2CC(=O)N21. The van der Waals surface area contributed by atoms with Gasteiger partial charge < -0.3 is 19.7 Å². The van der Waals surface area contributed by atoms with Crippen LogP contribution < -0.4 is 5.11 Å². The van der Waals surface area contributed by atoms with E-state index in [0.29, 0.717) is 0 Å². The summed E-state index contributed by atoms with van der Waals surface area (Å²) in [6.45, 7) is -0.326. The maximum atomic E-state index is 11.0. The highest BCUT2D eigenvalue weighted by molar-refractivity contribution is 5.90. The van der Waals surface area contributed by atoms with Crippen LogP contribution in [0.5, 0.6) is 0 Å². The lowest BCUT2D eigenvalue weighted by atomic mass is 10.1. The molecule has 0 aromatic heterocycles. The largest absolute Gasteiger partial charge is 0.547 e. The molecule has 2 aliphatic heterocycles. The summed E-state index contributed by atoms with van der Waals surface area (Å²) in [6.07, 6.45) is 0.918. The van der Waals surface area contributed by atoms with Crippen molar-refractivity contribution in [3.63, 3.8) is 0 Å². The van der Waals surface area contributed by atoms with Crippen molar-refractivity contribution in [2.24, 2.45) is 0 Å². The molecule has 0 aromatic rings. The Morgan fingerprint density at radius 2 is 2.50 bits per heavy atom. The van der Waals surface area contributed by atoms with Crippen LogP contribution in [0.25, 0.3) is 0 Å². The number of nitrogens with zero attached hydrogens (tertiary/aromatic N) is 1. The quantitative estimate of drug-likeness (QED) is 0.498. The topological polar surface area (TPSA) is 89.9 Å². The minimum Gasteiger partial charge on any atom is -0.547 e. The van der Waals surface area contributed by atoms with E-state index in [4.69, 9.17) is 9.84 Å². The van der Waals surface area contributed by atoms with Gasteiger partial charge in [0.05, 0.1) is 19.0 Å². The fourth-order valence-corrected chi connectivity index (χ4v) is 1.65. The van der Waals surface area contributed by atoms with Gasteiger partial charge in [-0.15, -0.1) is 0 Å². The second-order valence-corrected chi connectivity index (χ2v) is 3.09. The Kier molecular flexibility index (Phi) is 1.92. The van der Waals surface area contributed by atoms with Crippen LogP contribution in [-0.2, 0) is 14.3 Å². The number of β-lactam (4-membered cyclic amide) rings is 1. The molecule has 0 aromatic carbocycles. The van der Waals surface area contributed by atoms with E-state index in [1.165, 1.54) is 6.08 Å². The van der Waals surface area contributed by atoms with E-state index in [-0.39, 0.29) is 24.7 Å². The molecule has 0 bridgehead atoms. The summed E-state index contributed by atoms with van der Waals surface area (Å²) in [5.74, 6) is -1.57. The number of amides is 1. The number of hydrogen-bond acceptors (Lipinski definition) is 5. The van der Waals surface area contributed by atoms with Crippen molar-refractivity contribution < 1.29 is 24.5 Å². The summed E-state index contributed by atoms with van der Waals surface area (Å²) in [7, 11) is 0. The average molecular weight is 198 g/mol. The van der Waals surface area contributed by atoms with Gasteiger partial charge in [-0.1, -0.05) is 0 Å². The lowest BCUT2D eigenvalue weighted by Gasteiger charge is -2.35. The molecule has 6 heteroatoms. The minimum atomic E-state index is -1.39. The number of carboxylic acids is 1. The lowest BCUT2D eigenvalue weighted by Crippen LogP contribution is -2.57. The molecular formula is C8H8NO5-. The molecule has 0 saturated carbocycles. The Bertz CT molecular complexity index is 324. The number of carboxylic acid groups (broad SMARTS) is 1. The van der Waals surface area contributed by atoms with Gasteiger partial charge in [0.25, 0.3) is 0 Å². The van der Waals surface area contributed by atoms with Gasteiger partial charge in [0, 0.05) is 0 Å². The van der Waals surface area contributed by atoms with E-state index >= 15 is 0 Å². The highest BCUT2D eigenvalue weighted by Crippen LogP contribution is 2.35. The molecule has 6 nitrogen and oxygen atoms in total. The van der Waals surface area contributed by atoms with Gasteiger partial charge >= 0.3 is 0 Å². The van der Waals surface area contributed by atoms with E-state index < -0.39 is 18.2 Å². The molecule has 2 rings (SSSR count). The molecule has 1 amide bonds. The minimum absolute atomic E-state index is 0.0864. The van der Waals surface area contributed by atoms with Crippen LogP contribution in [0, 0.1) is 0 Å². The predicted molar refractivity (Wildman–Crippen MR) is 40.3 cm³/mol. The molecule has 76 valence electrons. The van der Waals surface area contributed by atoms with Gasteiger partial charge in [-0.25, -0.2) is 0 Å². The third-order valence-corrected chi connectivity index (χ3v) is 2.28. The van der Waals surface area contributed by atoms with E-state index in [0.717, 1.165) is 4.90 Å². The number of aliphatic hydroxyl groups excluding tert-OH is 1.